The Hall–Kier alpha value is -2.38. The first-order valence-electron chi connectivity index (χ1n) is 6.94. The van der Waals surface area contributed by atoms with Gasteiger partial charge in [-0.15, -0.1) is 4.79 Å². The monoisotopic (exact) mass is 353 g/mol. The number of rotatable bonds is 4. The van der Waals surface area contributed by atoms with Crippen LogP contribution in [0.5, 0.6) is 5.75 Å². The normalized spacial score (nSPS) is 16.8. The molecule has 0 fully saturated rings. The molecule has 0 radical (unpaired) electrons. The second-order valence-corrected chi connectivity index (χ2v) is 6.19. The maximum Gasteiger partial charge on any atom is 0.505 e. The van der Waals surface area contributed by atoms with E-state index < -0.39 is 16.6 Å². The minimum atomic E-state index is -1.40. The number of hydroxylamine groups is 1. The summed E-state index contributed by atoms with van der Waals surface area (Å²) in [4.78, 5) is 13.7. The highest BCUT2D eigenvalue weighted by Crippen LogP contribution is 2.43. The van der Waals surface area contributed by atoms with Gasteiger partial charge >= 0.3 is 12.0 Å². The van der Waals surface area contributed by atoms with Crippen molar-refractivity contribution in [1.82, 2.24) is 0 Å². The van der Waals surface area contributed by atoms with Gasteiger partial charge in [-0.1, -0.05) is 25.4 Å². The van der Waals surface area contributed by atoms with Crippen LogP contribution in [0.1, 0.15) is 19.4 Å². The maximum atomic E-state index is 12.5. The number of amidine groups is 1. The number of quaternary nitrogens is 1. The molecular weight excluding hydrogens is 338 g/mol. The number of carbonyl (C=O) groups is 1. The van der Waals surface area contributed by atoms with Crippen molar-refractivity contribution in [2.24, 2.45) is 5.41 Å². The molecule has 1 heterocycles. The molecule has 128 valence electrons. The molecule has 0 bridgehead atoms. The third-order valence-electron chi connectivity index (χ3n) is 3.75. The molecule has 0 aliphatic carbocycles. The number of hydrogen-bond acceptors (Lipinski definition) is 4. The van der Waals surface area contributed by atoms with Crippen LogP contribution in [0.15, 0.2) is 18.2 Å². The van der Waals surface area contributed by atoms with Crippen molar-refractivity contribution in [2.75, 3.05) is 13.7 Å². The van der Waals surface area contributed by atoms with E-state index in [2.05, 4.69) is 9.53 Å². The quantitative estimate of drug-likeness (QED) is 0.372. The van der Waals surface area contributed by atoms with Crippen molar-refractivity contribution in [3.8, 4) is 5.75 Å². The Morgan fingerprint density at radius 3 is 2.71 bits per heavy atom. The predicted octanol–water partition coefficient (Wildman–Crippen LogP) is 2.11. The van der Waals surface area contributed by atoms with Crippen LogP contribution in [-0.2, 0) is 4.74 Å². The second kappa shape index (κ2) is 6.62. The molecule has 0 amide bonds. The van der Waals surface area contributed by atoms with Crippen LogP contribution >= 0.6 is 11.6 Å². The van der Waals surface area contributed by atoms with Crippen LogP contribution in [0, 0.1) is 10.6 Å². The van der Waals surface area contributed by atoms with Crippen molar-refractivity contribution >= 4 is 34.9 Å². The van der Waals surface area contributed by atoms with Crippen molar-refractivity contribution in [1.29, 1.82) is 0 Å². The van der Waals surface area contributed by atoms with Gasteiger partial charge in [-0.3, -0.25) is 0 Å². The highest BCUT2D eigenvalue weighted by Gasteiger charge is 2.39. The van der Waals surface area contributed by atoms with Gasteiger partial charge in [0, 0.05) is 11.0 Å². The molecule has 2 rings (SSSR count). The lowest BCUT2D eigenvalue weighted by molar-refractivity contribution is -0.681. The minimum absolute atomic E-state index is 0.0988. The van der Waals surface area contributed by atoms with E-state index in [1.807, 2.05) is 0 Å². The number of hydrogen-bond donors (Lipinski definition) is 2. The molecule has 1 aromatic rings. The number of ether oxygens (including phenoxy) is 2. The van der Waals surface area contributed by atoms with E-state index in [0.717, 1.165) is 0 Å². The Bertz CT molecular complexity index is 769. The number of halogens is 1. The minimum Gasteiger partial charge on any atom is -0.618 e. The molecule has 24 heavy (non-hydrogen) atoms. The lowest BCUT2D eigenvalue weighted by atomic mass is 9.78. The van der Waals surface area contributed by atoms with Crippen molar-refractivity contribution in [3.63, 3.8) is 0 Å². The number of nitrogens with zero attached hydrogens (tertiary/aromatic N) is 2. The lowest BCUT2D eigenvalue weighted by Gasteiger charge is -2.32. The zero-order valence-corrected chi connectivity index (χ0v) is 14.0. The first kappa shape index (κ1) is 18.0. The van der Waals surface area contributed by atoms with Crippen molar-refractivity contribution in [3.05, 3.63) is 39.5 Å². The summed E-state index contributed by atoms with van der Waals surface area (Å²) in [7, 11) is 1.42. The summed E-state index contributed by atoms with van der Waals surface area (Å²) in [5.41, 5.74) is 9.56. The SMILES string of the molecule is COc1ccc2c(c1Cl)[NH+]([O-])C(=[N+]=[N-])C=C2C(C)(C)COC(=O)O. The van der Waals surface area contributed by atoms with Gasteiger partial charge in [-0.05, 0) is 17.7 Å². The predicted molar refractivity (Wildman–Crippen MR) is 86.4 cm³/mol. The van der Waals surface area contributed by atoms with Crippen LogP contribution in [0.25, 0.3) is 11.1 Å². The number of methoxy groups -OCH3 is 1. The van der Waals surface area contributed by atoms with E-state index in [1.165, 1.54) is 13.2 Å². The molecule has 1 aromatic carbocycles. The van der Waals surface area contributed by atoms with E-state index in [0.29, 0.717) is 16.9 Å². The largest absolute Gasteiger partial charge is 0.618 e. The third-order valence-corrected chi connectivity index (χ3v) is 4.13. The van der Waals surface area contributed by atoms with Gasteiger partial charge in [0.1, 0.15) is 17.4 Å². The van der Waals surface area contributed by atoms with Crippen LogP contribution in [0.3, 0.4) is 0 Å². The van der Waals surface area contributed by atoms with Crippen LogP contribution in [0.4, 0.5) is 10.5 Å². The summed E-state index contributed by atoms with van der Waals surface area (Å²) in [5, 5.41) is 20.8. The molecule has 1 aliphatic rings. The highest BCUT2D eigenvalue weighted by atomic mass is 35.5. The molecule has 0 saturated heterocycles. The fourth-order valence-corrected chi connectivity index (χ4v) is 2.85. The van der Waals surface area contributed by atoms with Crippen molar-refractivity contribution in [2.45, 2.75) is 13.8 Å². The van der Waals surface area contributed by atoms with E-state index in [1.54, 1.807) is 26.0 Å². The van der Waals surface area contributed by atoms with Crippen LogP contribution in [-0.4, -0.2) is 35.6 Å². The summed E-state index contributed by atoms with van der Waals surface area (Å²) < 4.78 is 9.80. The van der Waals surface area contributed by atoms with Gasteiger partial charge in [0.2, 0.25) is 0 Å². The summed E-state index contributed by atoms with van der Waals surface area (Å²) >= 11 is 6.25. The molecule has 1 atom stereocenters. The van der Waals surface area contributed by atoms with Gasteiger partial charge in [-0.2, -0.15) is 0 Å². The molecule has 1 aliphatic heterocycles. The number of fused-ring (bicyclic) bond motifs is 1. The van der Waals surface area contributed by atoms with Gasteiger partial charge in [-0.25, -0.2) is 9.86 Å². The maximum absolute atomic E-state index is 12.5. The molecule has 8 nitrogen and oxygen atoms in total. The first-order chi connectivity index (χ1) is 11.2. The van der Waals surface area contributed by atoms with E-state index in [-0.39, 0.29) is 23.2 Å². The smallest absolute Gasteiger partial charge is 0.505 e. The topological polar surface area (TPSA) is 120 Å². The van der Waals surface area contributed by atoms with Crippen LogP contribution in [0.2, 0.25) is 5.02 Å². The second-order valence-electron chi connectivity index (χ2n) is 5.82. The van der Waals surface area contributed by atoms with E-state index in [4.69, 9.17) is 27.0 Å². The molecule has 0 aromatic heterocycles. The summed E-state index contributed by atoms with van der Waals surface area (Å²) in [6.45, 7) is 3.34. The average molecular weight is 354 g/mol. The Morgan fingerprint density at radius 2 is 2.17 bits per heavy atom. The summed E-state index contributed by atoms with van der Waals surface area (Å²) in [5.74, 6) is 0.109. The van der Waals surface area contributed by atoms with Gasteiger partial charge in [0.25, 0.3) is 0 Å². The number of benzene rings is 1. The number of nitrogens with one attached hydrogen (secondary N) is 1. The Morgan fingerprint density at radius 1 is 1.50 bits per heavy atom. The molecule has 2 N–H and O–H groups in total. The van der Waals surface area contributed by atoms with E-state index in [9.17, 15) is 10.0 Å². The Kier molecular flexibility index (Phi) is 4.96. The van der Waals surface area contributed by atoms with Gasteiger partial charge < -0.3 is 25.3 Å². The Balaban J connectivity index is 2.64. The Labute approximate surface area is 143 Å². The summed E-state index contributed by atoms with van der Waals surface area (Å²) in [6, 6.07) is 3.26. The fraction of sp³-hybridized carbons (Fsp3) is 0.333. The molecule has 1 unspecified atom stereocenters. The lowest BCUT2D eigenvalue weighted by Crippen LogP contribution is -3.06. The van der Waals surface area contributed by atoms with Gasteiger partial charge in [0.15, 0.2) is 5.69 Å². The standard InChI is InChI=1S/C15H16ClN3O5/c1-15(2,7-24-14(20)21)9-6-11(18-17)19(22)13-8(9)4-5-10(23-3)12(13)16/h4-6,19H,7H2,1-3H3,(H,20,21). The summed E-state index contributed by atoms with van der Waals surface area (Å²) in [6.07, 6.45) is -0.00168. The molecule has 0 spiro atoms. The number of carboxylic acid groups (broad SMARTS) is 1. The van der Waals surface area contributed by atoms with E-state index >= 15 is 0 Å². The highest BCUT2D eigenvalue weighted by molar-refractivity contribution is 6.34. The first-order valence-corrected chi connectivity index (χ1v) is 7.32. The molecule has 9 heteroatoms. The van der Waals surface area contributed by atoms with Crippen molar-refractivity contribution < 1.29 is 29.2 Å². The zero-order valence-electron chi connectivity index (χ0n) is 13.3. The zero-order chi connectivity index (χ0) is 18.1. The molecule has 0 saturated carbocycles. The van der Waals surface area contributed by atoms with Crippen LogP contribution < -0.4 is 9.80 Å². The fourth-order valence-electron chi connectivity index (χ4n) is 2.52. The third kappa shape index (κ3) is 3.13. The molecular formula is C15H16ClN3O5. The van der Waals surface area contributed by atoms with Gasteiger partial charge in [0.05, 0.1) is 13.2 Å². The average Bonchev–Trinajstić information content (AvgIpc) is 2.53.